The average Bonchev–Trinajstić information content (AvgIpc) is 2.44. The lowest BCUT2D eigenvalue weighted by Crippen LogP contribution is -2.43. The highest BCUT2D eigenvalue weighted by atomic mass is 32.2. The van der Waals surface area contributed by atoms with Crippen LogP contribution in [0.2, 0.25) is 0 Å². The molecule has 1 heterocycles. The van der Waals surface area contributed by atoms with Crippen molar-refractivity contribution in [1.82, 2.24) is 4.72 Å². The van der Waals surface area contributed by atoms with E-state index in [4.69, 9.17) is 9.47 Å². The lowest BCUT2D eigenvalue weighted by Gasteiger charge is -2.38. The average molecular weight is 341 g/mol. The van der Waals surface area contributed by atoms with E-state index < -0.39 is 32.9 Å². The summed E-state index contributed by atoms with van der Waals surface area (Å²) in [5, 5.41) is -0.541. The molecule has 0 aromatic heterocycles. The summed E-state index contributed by atoms with van der Waals surface area (Å²) >= 11 is 0. The molecule has 0 saturated heterocycles. The fourth-order valence-corrected chi connectivity index (χ4v) is 3.42. The second-order valence-electron chi connectivity index (χ2n) is 6.57. The number of carbonyl (C=O) groups is 1. The van der Waals surface area contributed by atoms with Gasteiger partial charge in [-0.25, -0.2) is 17.9 Å². The Labute approximate surface area is 137 Å². The number of nitrogens with one attached hydrogen (secondary N) is 1. The molecule has 0 spiro atoms. The smallest absolute Gasteiger partial charge is 0.337 e. The molecule has 7 heteroatoms. The van der Waals surface area contributed by atoms with Crippen LogP contribution in [-0.2, 0) is 14.8 Å². The Morgan fingerprint density at radius 3 is 2.61 bits per heavy atom. The van der Waals surface area contributed by atoms with Crippen LogP contribution in [0.5, 0.6) is 5.75 Å². The molecule has 6 nitrogen and oxygen atoms in total. The van der Waals surface area contributed by atoms with E-state index in [1.54, 1.807) is 32.0 Å². The number of rotatable bonds is 4. The second-order valence-corrected chi connectivity index (χ2v) is 8.84. The zero-order chi connectivity index (χ0) is 17.4. The Balaban J connectivity index is 2.46. The predicted molar refractivity (Wildman–Crippen MR) is 87.0 cm³/mol. The minimum Gasteiger partial charge on any atom is -0.487 e. The van der Waals surface area contributed by atoms with E-state index in [2.05, 4.69) is 4.72 Å². The number of esters is 1. The van der Waals surface area contributed by atoms with Crippen molar-refractivity contribution < 1.29 is 22.7 Å². The lowest BCUT2D eigenvalue weighted by atomic mass is 9.89. The van der Waals surface area contributed by atoms with Crippen molar-refractivity contribution in [3.63, 3.8) is 0 Å². The van der Waals surface area contributed by atoms with E-state index in [-0.39, 0.29) is 0 Å². The van der Waals surface area contributed by atoms with Crippen molar-refractivity contribution in [2.24, 2.45) is 0 Å². The molecule has 0 radical (unpaired) electrons. The van der Waals surface area contributed by atoms with Gasteiger partial charge in [0.05, 0.1) is 24.0 Å². The second kappa shape index (κ2) is 6.13. The third-order valence-electron chi connectivity index (χ3n) is 3.82. The van der Waals surface area contributed by atoms with Crippen LogP contribution in [0, 0.1) is 0 Å². The lowest BCUT2D eigenvalue weighted by molar-refractivity contribution is 0.0597. The first kappa shape index (κ1) is 17.7. The molecule has 1 N–H and O–H groups in total. The molecule has 0 fully saturated rings. The standard InChI is InChI=1S/C16H23NO5S/c1-10(2)23(19,20)17-13-9-16(3,4)22-14-7-6-11(8-12(13)14)15(18)21-5/h6-8,10,13,17H,9H2,1-5H3. The summed E-state index contributed by atoms with van der Waals surface area (Å²) in [5.41, 5.74) is 0.504. The molecule has 2 rings (SSSR count). The van der Waals surface area contributed by atoms with Crippen LogP contribution in [0.25, 0.3) is 0 Å². The van der Waals surface area contributed by atoms with Crippen molar-refractivity contribution in [1.29, 1.82) is 0 Å². The highest BCUT2D eigenvalue weighted by Gasteiger charge is 2.36. The summed E-state index contributed by atoms with van der Waals surface area (Å²) in [5.74, 6) is 0.105. The quantitative estimate of drug-likeness (QED) is 0.851. The molecular weight excluding hydrogens is 318 g/mol. The first-order valence-electron chi connectivity index (χ1n) is 7.48. The molecule has 128 valence electrons. The molecule has 0 amide bonds. The van der Waals surface area contributed by atoms with Gasteiger partial charge in [0.15, 0.2) is 0 Å². The van der Waals surface area contributed by atoms with Gasteiger partial charge in [-0.15, -0.1) is 0 Å². The monoisotopic (exact) mass is 341 g/mol. The highest BCUT2D eigenvalue weighted by Crippen LogP contribution is 2.40. The van der Waals surface area contributed by atoms with E-state index >= 15 is 0 Å². The van der Waals surface area contributed by atoms with Gasteiger partial charge in [-0.3, -0.25) is 0 Å². The molecule has 1 unspecified atom stereocenters. The molecule has 1 aromatic carbocycles. The summed E-state index contributed by atoms with van der Waals surface area (Å²) < 4.78 is 37.9. The maximum atomic E-state index is 12.3. The van der Waals surface area contributed by atoms with Gasteiger partial charge in [-0.2, -0.15) is 0 Å². The Kier molecular flexibility index (Phi) is 4.73. The Hall–Kier alpha value is -1.60. The van der Waals surface area contributed by atoms with Crippen LogP contribution in [0.3, 0.4) is 0 Å². The fourth-order valence-electron chi connectivity index (χ4n) is 2.54. The number of carbonyl (C=O) groups excluding carboxylic acids is 1. The molecule has 1 atom stereocenters. The predicted octanol–water partition coefficient (Wildman–Crippen LogP) is 2.40. The van der Waals surface area contributed by atoms with Gasteiger partial charge in [0.2, 0.25) is 10.0 Å². The number of fused-ring (bicyclic) bond motifs is 1. The van der Waals surface area contributed by atoms with Gasteiger partial charge >= 0.3 is 5.97 Å². The fraction of sp³-hybridized carbons (Fsp3) is 0.562. The summed E-state index contributed by atoms with van der Waals surface area (Å²) in [6.07, 6.45) is 0.469. The minimum atomic E-state index is -3.45. The molecule has 1 aromatic rings. The Morgan fingerprint density at radius 2 is 2.04 bits per heavy atom. The van der Waals surface area contributed by atoms with Crippen molar-refractivity contribution >= 4 is 16.0 Å². The van der Waals surface area contributed by atoms with Crippen LogP contribution < -0.4 is 9.46 Å². The van der Waals surface area contributed by atoms with Gasteiger partial charge in [-0.1, -0.05) is 0 Å². The molecule has 0 saturated carbocycles. The van der Waals surface area contributed by atoms with Gasteiger partial charge in [0, 0.05) is 12.0 Å². The van der Waals surface area contributed by atoms with Crippen LogP contribution in [-0.4, -0.2) is 32.3 Å². The number of ether oxygens (including phenoxy) is 2. The molecule has 23 heavy (non-hydrogen) atoms. The van der Waals surface area contributed by atoms with Crippen LogP contribution >= 0.6 is 0 Å². The van der Waals surface area contributed by atoms with Crippen molar-refractivity contribution in [3.05, 3.63) is 29.3 Å². The van der Waals surface area contributed by atoms with E-state index in [1.807, 2.05) is 13.8 Å². The summed E-state index contributed by atoms with van der Waals surface area (Å²) in [6, 6.07) is 4.47. The van der Waals surface area contributed by atoms with Crippen LogP contribution in [0.4, 0.5) is 0 Å². The summed E-state index contributed by atoms with van der Waals surface area (Å²) in [7, 11) is -2.15. The number of methoxy groups -OCH3 is 1. The van der Waals surface area contributed by atoms with E-state index in [1.165, 1.54) is 7.11 Å². The topological polar surface area (TPSA) is 81.7 Å². The number of hydrogen-bond donors (Lipinski definition) is 1. The van der Waals surface area contributed by atoms with Gasteiger partial charge in [-0.05, 0) is 45.9 Å². The minimum absolute atomic E-state index is 0.364. The number of sulfonamides is 1. The molecular formula is C16H23NO5S. The zero-order valence-corrected chi connectivity index (χ0v) is 14.9. The SMILES string of the molecule is COC(=O)c1ccc2c(c1)C(NS(=O)(=O)C(C)C)CC(C)(C)O2. The van der Waals surface area contributed by atoms with Crippen molar-refractivity contribution in [3.8, 4) is 5.75 Å². The molecule has 0 bridgehead atoms. The van der Waals surface area contributed by atoms with Crippen molar-refractivity contribution in [2.75, 3.05) is 7.11 Å². The third-order valence-corrected chi connectivity index (χ3v) is 5.67. The van der Waals surface area contributed by atoms with Crippen LogP contribution in [0.15, 0.2) is 18.2 Å². The molecule has 0 aliphatic carbocycles. The maximum Gasteiger partial charge on any atom is 0.337 e. The largest absolute Gasteiger partial charge is 0.487 e. The third kappa shape index (κ3) is 3.84. The Morgan fingerprint density at radius 1 is 1.39 bits per heavy atom. The first-order chi connectivity index (χ1) is 10.6. The number of hydrogen-bond acceptors (Lipinski definition) is 5. The highest BCUT2D eigenvalue weighted by molar-refractivity contribution is 7.90. The summed E-state index contributed by atoms with van der Waals surface area (Å²) in [4.78, 5) is 11.7. The molecule has 1 aliphatic heterocycles. The number of benzene rings is 1. The van der Waals surface area contributed by atoms with Crippen molar-refractivity contribution in [2.45, 2.75) is 51.0 Å². The van der Waals surface area contributed by atoms with E-state index in [0.717, 1.165) is 0 Å². The van der Waals surface area contributed by atoms with Gasteiger partial charge < -0.3 is 9.47 Å². The normalized spacial score (nSPS) is 19.8. The summed E-state index contributed by atoms with van der Waals surface area (Å²) in [6.45, 7) is 7.05. The van der Waals surface area contributed by atoms with E-state index in [9.17, 15) is 13.2 Å². The van der Waals surface area contributed by atoms with Gasteiger partial charge in [0.1, 0.15) is 11.4 Å². The maximum absolute atomic E-state index is 12.3. The molecule has 1 aliphatic rings. The Bertz CT molecular complexity index is 709. The first-order valence-corrected chi connectivity index (χ1v) is 9.03. The van der Waals surface area contributed by atoms with E-state index in [0.29, 0.717) is 23.3 Å². The zero-order valence-electron chi connectivity index (χ0n) is 14.0. The van der Waals surface area contributed by atoms with Crippen LogP contribution in [0.1, 0.15) is 56.1 Å². The van der Waals surface area contributed by atoms with Gasteiger partial charge in [0.25, 0.3) is 0 Å².